The molecule has 2 rings (SSSR count). The molecular weight excluding hydrogens is 188 g/mol. The topological polar surface area (TPSA) is 29.5 Å². The van der Waals surface area contributed by atoms with Gasteiger partial charge in [0, 0.05) is 0 Å². The lowest BCUT2D eigenvalue weighted by Gasteiger charge is -2.09. The zero-order chi connectivity index (χ0) is 10.7. The Morgan fingerprint density at radius 2 is 2.27 bits per heavy atom. The molecule has 2 nitrogen and oxygen atoms in total. The smallest absolute Gasteiger partial charge is 0.122 e. The van der Waals surface area contributed by atoms with Crippen molar-refractivity contribution in [1.82, 2.24) is 0 Å². The lowest BCUT2D eigenvalue weighted by molar-refractivity contribution is 0.200. The van der Waals surface area contributed by atoms with Gasteiger partial charge in [-0.15, -0.1) is 0 Å². The van der Waals surface area contributed by atoms with Crippen molar-refractivity contribution in [2.75, 3.05) is 13.2 Å². The van der Waals surface area contributed by atoms with Crippen LogP contribution in [0.4, 0.5) is 0 Å². The third-order valence-electron chi connectivity index (χ3n) is 3.16. The maximum Gasteiger partial charge on any atom is 0.122 e. The number of aliphatic hydroxyl groups is 1. The number of fused-ring (bicyclic) bond motifs is 1. The van der Waals surface area contributed by atoms with Crippen LogP contribution in [0.15, 0.2) is 18.2 Å². The van der Waals surface area contributed by atoms with E-state index in [1.807, 2.05) is 12.1 Å². The predicted molar refractivity (Wildman–Crippen MR) is 60.2 cm³/mol. The molecule has 15 heavy (non-hydrogen) atoms. The molecule has 1 aromatic rings. The Morgan fingerprint density at radius 3 is 3.00 bits per heavy atom. The fourth-order valence-corrected chi connectivity index (χ4v) is 2.29. The summed E-state index contributed by atoms with van der Waals surface area (Å²) in [6.45, 7) is 2.72. The number of benzene rings is 1. The minimum absolute atomic E-state index is 0.0842. The van der Waals surface area contributed by atoms with Gasteiger partial charge in [0.05, 0.1) is 6.61 Å². The van der Waals surface area contributed by atoms with Crippen LogP contribution >= 0.6 is 0 Å². The number of aliphatic hydroxyl groups excluding tert-OH is 1. The SMILES string of the molecule is CCC1Cc2cccc(OCCO)c2C1. The summed E-state index contributed by atoms with van der Waals surface area (Å²) in [6, 6.07) is 6.24. The predicted octanol–water partition coefficient (Wildman–Crippen LogP) is 2.18. The second-order valence-corrected chi connectivity index (χ2v) is 4.15. The Morgan fingerprint density at radius 1 is 1.40 bits per heavy atom. The monoisotopic (exact) mass is 206 g/mol. The Balaban J connectivity index is 2.17. The van der Waals surface area contributed by atoms with Crippen molar-refractivity contribution in [3.05, 3.63) is 29.3 Å². The first-order chi connectivity index (χ1) is 7.35. The molecule has 1 unspecified atom stereocenters. The van der Waals surface area contributed by atoms with E-state index >= 15 is 0 Å². The molecule has 0 heterocycles. The van der Waals surface area contributed by atoms with Gasteiger partial charge in [-0.05, 0) is 36.0 Å². The zero-order valence-corrected chi connectivity index (χ0v) is 9.20. The summed E-state index contributed by atoms with van der Waals surface area (Å²) < 4.78 is 5.54. The van der Waals surface area contributed by atoms with Crippen LogP contribution < -0.4 is 4.74 Å². The lowest BCUT2D eigenvalue weighted by atomic mass is 10.0. The van der Waals surface area contributed by atoms with Gasteiger partial charge < -0.3 is 9.84 Å². The van der Waals surface area contributed by atoms with Crippen LogP contribution in [0.1, 0.15) is 24.5 Å². The first-order valence-electron chi connectivity index (χ1n) is 5.69. The molecule has 0 aromatic heterocycles. The van der Waals surface area contributed by atoms with Crippen molar-refractivity contribution in [2.45, 2.75) is 26.2 Å². The van der Waals surface area contributed by atoms with Gasteiger partial charge in [-0.1, -0.05) is 25.5 Å². The van der Waals surface area contributed by atoms with Gasteiger partial charge in [-0.3, -0.25) is 0 Å². The Kier molecular flexibility index (Phi) is 3.27. The molecule has 1 aromatic carbocycles. The molecule has 1 aliphatic carbocycles. The van der Waals surface area contributed by atoms with E-state index < -0.39 is 0 Å². The van der Waals surface area contributed by atoms with Crippen LogP contribution in [0.25, 0.3) is 0 Å². The van der Waals surface area contributed by atoms with Gasteiger partial charge in [0.25, 0.3) is 0 Å². The van der Waals surface area contributed by atoms with Gasteiger partial charge in [0.2, 0.25) is 0 Å². The Labute approximate surface area is 90.9 Å². The third-order valence-corrected chi connectivity index (χ3v) is 3.16. The molecule has 0 bridgehead atoms. The van der Waals surface area contributed by atoms with Gasteiger partial charge in [0.15, 0.2) is 0 Å². The van der Waals surface area contributed by atoms with Crippen molar-refractivity contribution < 1.29 is 9.84 Å². The van der Waals surface area contributed by atoms with E-state index in [0.717, 1.165) is 18.1 Å². The summed E-state index contributed by atoms with van der Waals surface area (Å²) in [7, 11) is 0. The van der Waals surface area contributed by atoms with Gasteiger partial charge >= 0.3 is 0 Å². The average Bonchev–Trinajstić information content (AvgIpc) is 2.69. The van der Waals surface area contributed by atoms with Crippen LogP contribution in [0.2, 0.25) is 0 Å². The number of hydrogen-bond acceptors (Lipinski definition) is 2. The Hall–Kier alpha value is -1.02. The van der Waals surface area contributed by atoms with Crippen LogP contribution in [-0.4, -0.2) is 18.3 Å². The van der Waals surface area contributed by atoms with E-state index in [4.69, 9.17) is 9.84 Å². The normalized spacial score (nSPS) is 18.9. The molecule has 1 atom stereocenters. The highest BCUT2D eigenvalue weighted by atomic mass is 16.5. The molecule has 1 aliphatic rings. The van der Waals surface area contributed by atoms with Gasteiger partial charge in [0.1, 0.15) is 12.4 Å². The molecule has 2 heteroatoms. The van der Waals surface area contributed by atoms with Crippen molar-refractivity contribution in [2.24, 2.45) is 5.92 Å². The lowest BCUT2D eigenvalue weighted by Crippen LogP contribution is -2.04. The first kappa shape index (κ1) is 10.5. The maximum absolute atomic E-state index is 8.75. The summed E-state index contributed by atoms with van der Waals surface area (Å²) in [6.07, 6.45) is 3.55. The molecule has 0 amide bonds. The number of hydrogen-bond donors (Lipinski definition) is 1. The van der Waals surface area contributed by atoms with E-state index in [0.29, 0.717) is 6.61 Å². The van der Waals surface area contributed by atoms with Crippen molar-refractivity contribution in [3.8, 4) is 5.75 Å². The largest absolute Gasteiger partial charge is 0.491 e. The van der Waals surface area contributed by atoms with E-state index in [9.17, 15) is 0 Å². The summed E-state index contributed by atoms with van der Waals surface area (Å²) in [5.41, 5.74) is 2.79. The summed E-state index contributed by atoms with van der Waals surface area (Å²) in [4.78, 5) is 0. The molecule has 0 saturated heterocycles. The van der Waals surface area contributed by atoms with Crippen molar-refractivity contribution in [3.63, 3.8) is 0 Å². The maximum atomic E-state index is 8.75. The molecule has 0 aliphatic heterocycles. The molecule has 82 valence electrons. The van der Waals surface area contributed by atoms with Crippen LogP contribution in [-0.2, 0) is 12.8 Å². The van der Waals surface area contributed by atoms with E-state index in [-0.39, 0.29) is 6.61 Å². The quantitative estimate of drug-likeness (QED) is 0.818. The molecule has 0 saturated carbocycles. The number of ether oxygens (including phenoxy) is 1. The Bertz CT molecular complexity index is 333. The molecule has 0 radical (unpaired) electrons. The van der Waals surface area contributed by atoms with Crippen molar-refractivity contribution >= 4 is 0 Å². The first-order valence-corrected chi connectivity index (χ1v) is 5.69. The summed E-state index contributed by atoms with van der Waals surface area (Å²) >= 11 is 0. The average molecular weight is 206 g/mol. The van der Waals surface area contributed by atoms with Crippen LogP contribution in [0.5, 0.6) is 5.75 Å². The fourth-order valence-electron chi connectivity index (χ4n) is 2.29. The third kappa shape index (κ3) is 2.15. The highest BCUT2D eigenvalue weighted by Crippen LogP contribution is 2.34. The zero-order valence-electron chi connectivity index (χ0n) is 9.20. The second-order valence-electron chi connectivity index (χ2n) is 4.15. The molecule has 1 N–H and O–H groups in total. The fraction of sp³-hybridized carbons (Fsp3) is 0.538. The minimum Gasteiger partial charge on any atom is -0.491 e. The van der Waals surface area contributed by atoms with E-state index in [1.165, 1.54) is 24.0 Å². The number of rotatable bonds is 4. The highest BCUT2D eigenvalue weighted by Gasteiger charge is 2.22. The second kappa shape index (κ2) is 4.67. The van der Waals surface area contributed by atoms with Crippen LogP contribution in [0, 0.1) is 5.92 Å². The van der Waals surface area contributed by atoms with Gasteiger partial charge in [-0.2, -0.15) is 0 Å². The van der Waals surface area contributed by atoms with E-state index in [1.54, 1.807) is 0 Å². The van der Waals surface area contributed by atoms with Crippen molar-refractivity contribution in [1.29, 1.82) is 0 Å². The summed E-state index contributed by atoms with van der Waals surface area (Å²) in [5, 5.41) is 8.75. The standard InChI is InChI=1S/C13H18O2/c1-2-10-8-11-4-3-5-13(12(11)9-10)15-7-6-14/h3-5,10,14H,2,6-9H2,1H3. The highest BCUT2D eigenvalue weighted by molar-refractivity contribution is 5.43. The molecule has 0 spiro atoms. The van der Waals surface area contributed by atoms with Crippen LogP contribution in [0.3, 0.4) is 0 Å². The minimum atomic E-state index is 0.0842. The molecular formula is C13H18O2. The van der Waals surface area contributed by atoms with E-state index in [2.05, 4.69) is 13.0 Å². The molecule has 0 fully saturated rings. The summed E-state index contributed by atoms with van der Waals surface area (Å²) in [5.74, 6) is 1.75. The van der Waals surface area contributed by atoms with Gasteiger partial charge in [-0.25, -0.2) is 0 Å².